The van der Waals surface area contributed by atoms with E-state index in [9.17, 15) is 0 Å². The summed E-state index contributed by atoms with van der Waals surface area (Å²) in [4.78, 5) is 13.2. The Morgan fingerprint density at radius 2 is 1.81 bits per heavy atom. The average molecular weight is 441 g/mol. The number of nitrogens with one attached hydrogen (secondary N) is 3. The van der Waals surface area contributed by atoms with Crippen LogP contribution in [0.2, 0.25) is 0 Å². The number of rotatable bonds is 11. The summed E-state index contributed by atoms with van der Waals surface area (Å²) < 4.78 is 5.47. The Labute approximate surface area is 191 Å². The van der Waals surface area contributed by atoms with Crippen molar-refractivity contribution in [3.63, 3.8) is 0 Å². The van der Waals surface area contributed by atoms with Gasteiger partial charge in [0, 0.05) is 36.8 Å². The number of aromatic nitrogens is 3. The van der Waals surface area contributed by atoms with E-state index >= 15 is 0 Å². The van der Waals surface area contributed by atoms with Crippen LogP contribution in [-0.2, 0) is 0 Å². The third-order valence-electron chi connectivity index (χ3n) is 4.90. The van der Waals surface area contributed by atoms with Crippen LogP contribution in [0.15, 0.2) is 55.0 Å². The second-order valence-electron chi connectivity index (χ2n) is 7.13. The van der Waals surface area contributed by atoms with Crippen molar-refractivity contribution in [2.75, 3.05) is 44.4 Å². The van der Waals surface area contributed by atoms with E-state index in [0.29, 0.717) is 0 Å². The Balaban J connectivity index is 0.00000341. The highest BCUT2D eigenvalue weighted by Crippen LogP contribution is 2.26. The monoisotopic (exact) mass is 440 g/mol. The van der Waals surface area contributed by atoms with E-state index in [0.717, 1.165) is 54.7 Å². The summed E-state index contributed by atoms with van der Waals surface area (Å²) in [5.74, 6) is 2.83. The van der Waals surface area contributed by atoms with Crippen LogP contribution in [-0.4, -0.2) is 48.7 Å². The molecule has 2 heterocycles. The number of pyridine rings is 1. The molecular weight excluding hydrogens is 408 g/mol. The lowest BCUT2D eigenvalue weighted by Gasteiger charge is -2.16. The zero-order valence-electron chi connectivity index (χ0n) is 18.4. The Hall–Kier alpha value is -2.84. The molecule has 166 valence electrons. The summed E-state index contributed by atoms with van der Waals surface area (Å²) in [6.45, 7) is 4.78. The van der Waals surface area contributed by atoms with Gasteiger partial charge in [-0.05, 0) is 43.8 Å². The van der Waals surface area contributed by atoms with Gasteiger partial charge in [-0.3, -0.25) is 0 Å². The van der Waals surface area contributed by atoms with E-state index in [1.807, 2.05) is 49.6 Å². The summed E-state index contributed by atoms with van der Waals surface area (Å²) >= 11 is 0. The van der Waals surface area contributed by atoms with E-state index in [1.165, 1.54) is 5.56 Å². The molecule has 0 bridgehead atoms. The highest BCUT2D eigenvalue weighted by molar-refractivity contribution is 7.59. The molecule has 3 rings (SSSR count). The van der Waals surface area contributed by atoms with Gasteiger partial charge in [-0.2, -0.15) is 13.5 Å². The number of benzene rings is 1. The maximum Gasteiger partial charge on any atom is 0.129 e. The minimum atomic E-state index is 0. The standard InChI is InChI=1S/C23H30N6O.H2S/c1-17(19-7-4-5-8-21(19)30-3)14-26-23-13-20(28-16-29-23)18-9-10-22(27-15-18)25-12-6-11-24-2;/h4-5,7-10,13,15-17,24H,6,11-12,14H2,1-3H3,(H,25,27)(H,26,28,29);1H2/t17-;/m1./s1. The molecule has 2 aromatic heterocycles. The first kappa shape index (κ1) is 24.4. The molecule has 0 saturated heterocycles. The van der Waals surface area contributed by atoms with Crippen LogP contribution < -0.4 is 20.7 Å². The van der Waals surface area contributed by atoms with Crippen LogP contribution >= 0.6 is 13.5 Å². The van der Waals surface area contributed by atoms with Crippen molar-refractivity contribution < 1.29 is 4.74 Å². The van der Waals surface area contributed by atoms with Crippen molar-refractivity contribution >= 4 is 25.1 Å². The van der Waals surface area contributed by atoms with Crippen LogP contribution in [0, 0.1) is 0 Å². The molecule has 1 aromatic carbocycles. The van der Waals surface area contributed by atoms with Crippen LogP contribution in [0.1, 0.15) is 24.8 Å². The number of hydrogen-bond donors (Lipinski definition) is 3. The summed E-state index contributed by atoms with van der Waals surface area (Å²) in [6, 6.07) is 14.0. The molecule has 0 fully saturated rings. The fourth-order valence-electron chi connectivity index (χ4n) is 3.18. The zero-order chi connectivity index (χ0) is 21.2. The van der Waals surface area contributed by atoms with E-state index in [1.54, 1.807) is 13.4 Å². The van der Waals surface area contributed by atoms with Crippen molar-refractivity contribution in [3.8, 4) is 17.0 Å². The van der Waals surface area contributed by atoms with Crippen molar-refractivity contribution in [2.45, 2.75) is 19.3 Å². The summed E-state index contributed by atoms with van der Waals surface area (Å²) in [6.07, 6.45) is 4.47. The number of anilines is 2. The first-order valence-electron chi connectivity index (χ1n) is 10.2. The smallest absolute Gasteiger partial charge is 0.129 e. The van der Waals surface area contributed by atoms with Gasteiger partial charge in [0.15, 0.2) is 0 Å². The lowest BCUT2D eigenvalue weighted by atomic mass is 10.00. The Morgan fingerprint density at radius 3 is 2.55 bits per heavy atom. The summed E-state index contributed by atoms with van der Waals surface area (Å²) in [5.41, 5.74) is 2.97. The molecule has 0 aliphatic rings. The largest absolute Gasteiger partial charge is 0.496 e. The second kappa shape index (κ2) is 12.8. The van der Waals surface area contributed by atoms with Gasteiger partial charge in [-0.15, -0.1) is 0 Å². The quantitative estimate of drug-likeness (QED) is 0.390. The molecule has 3 N–H and O–H groups in total. The maximum atomic E-state index is 5.47. The van der Waals surface area contributed by atoms with Gasteiger partial charge in [-0.1, -0.05) is 25.1 Å². The molecule has 0 amide bonds. The molecule has 0 aliphatic carbocycles. The molecule has 8 heteroatoms. The van der Waals surface area contributed by atoms with Crippen LogP contribution in [0.5, 0.6) is 5.75 Å². The SMILES string of the molecule is CNCCCNc1ccc(-c2cc(NC[C@@H](C)c3ccccc3OC)ncn2)cn1.S. The number of nitrogens with zero attached hydrogens (tertiary/aromatic N) is 3. The van der Waals surface area contributed by atoms with Gasteiger partial charge >= 0.3 is 0 Å². The number of methoxy groups -OCH3 is 1. The number of hydrogen-bond acceptors (Lipinski definition) is 7. The highest BCUT2D eigenvalue weighted by Gasteiger charge is 2.11. The molecule has 1 atom stereocenters. The number of ether oxygens (including phenoxy) is 1. The molecule has 7 nitrogen and oxygen atoms in total. The van der Waals surface area contributed by atoms with Crippen molar-refractivity contribution in [1.82, 2.24) is 20.3 Å². The fourth-order valence-corrected chi connectivity index (χ4v) is 3.18. The second-order valence-corrected chi connectivity index (χ2v) is 7.13. The van der Waals surface area contributed by atoms with E-state index < -0.39 is 0 Å². The van der Waals surface area contributed by atoms with Gasteiger partial charge in [-0.25, -0.2) is 15.0 Å². The Morgan fingerprint density at radius 1 is 0.968 bits per heavy atom. The van der Waals surface area contributed by atoms with Crippen LogP contribution in [0.4, 0.5) is 11.6 Å². The van der Waals surface area contributed by atoms with Crippen LogP contribution in [0.3, 0.4) is 0 Å². The number of para-hydroxylation sites is 1. The molecule has 0 unspecified atom stereocenters. The first-order valence-corrected chi connectivity index (χ1v) is 10.2. The highest BCUT2D eigenvalue weighted by atomic mass is 32.1. The molecular formula is C23H32N6OS. The lowest BCUT2D eigenvalue weighted by Crippen LogP contribution is -2.13. The molecule has 0 spiro atoms. The average Bonchev–Trinajstić information content (AvgIpc) is 2.81. The van der Waals surface area contributed by atoms with Gasteiger partial charge in [0.25, 0.3) is 0 Å². The van der Waals surface area contributed by atoms with Gasteiger partial charge < -0.3 is 20.7 Å². The van der Waals surface area contributed by atoms with E-state index in [-0.39, 0.29) is 19.4 Å². The normalized spacial score (nSPS) is 11.3. The summed E-state index contributed by atoms with van der Waals surface area (Å²) in [5, 5.41) is 9.87. The van der Waals surface area contributed by atoms with Crippen LogP contribution in [0.25, 0.3) is 11.3 Å². The molecule has 0 radical (unpaired) electrons. The third kappa shape index (κ3) is 7.11. The molecule has 0 saturated carbocycles. The van der Waals surface area contributed by atoms with E-state index in [2.05, 4.69) is 43.9 Å². The fraction of sp³-hybridized carbons (Fsp3) is 0.348. The minimum Gasteiger partial charge on any atom is -0.496 e. The van der Waals surface area contributed by atoms with Gasteiger partial charge in [0.1, 0.15) is 23.7 Å². The third-order valence-corrected chi connectivity index (χ3v) is 4.90. The Bertz CT molecular complexity index is 922. The predicted molar refractivity (Wildman–Crippen MR) is 133 cm³/mol. The maximum absolute atomic E-state index is 5.47. The topological polar surface area (TPSA) is 84.0 Å². The molecule has 31 heavy (non-hydrogen) atoms. The zero-order valence-corrected chi connectivity index (χ0v) is 19.4. The van der Waals surface area contributed by atoms with Gasteiger partial charge in [0.05, 0.1) is 12.8 Å². The lowest BCUT2D eigenvalue weighted by molar-refractivity contribution is 0.407. The minimum absolute atomic E-state index is 0. The first-order chi connectivity index (χ1) is 14.7. The van der Waals surface area contributed by atoms with E-state index in [4.69, 9.17) is 4.74 Å². The van der Waals surface area contributed by atoms with Crippen molar-refractivity contribution in [1.29, 1.82) is 0 Å². The predicted octanol–water partition coefficient (Wildman–Crippen LogP) is 3.90. The van der Waals surface area contributed by atoms with Gasteiger partial charge in [0.2, 0.25) is 0 Å². The summed E-state index contributed by atoms with van der Waals surface area (Å²) in [7, 11) is 3.66. The Kier molecular flexibility index (Phi) is 10.1. The van der Waals surface area contributed by atoms with Crippen molar-refractivity contribution in [3.05, 3.63) is 60.6 Å². The van der Waals surface area contributed by atoms with Crippen molar-refractivity contribution in [2.24, 2.45) is 0 Å². The molecule has 3 aromatic rings. The molecule has 0 aliphatic heterocycles.